The van der Waals surface area contributed by atoms with Crippen LogP contribution >= 0.6 is 11.3 Å². The molecule has 2 aliphatic heterocycles. The number of carbonyl (C=O) groups excluding carboxylic acids is 1. The van der Waals surface area contributed by atoms with Gasteiger partial charge in [-0.05, 0) is 42.8 Å². The average molecular weight is 343 g/mol. The molecule has 4 heterocycles. The molecular weight excluding hydrogens is 322 g/mol. The first-order valence-electron chi connectivity index (χ1n) is 8.42. The number of hydrogen-bond acceptors (Lipinski definition) is 5. The maximum atomic E-state index is 12.4. The molecule has 0 bridgehead atoms. The molecule has 2 saturated heterocycles. The predicted octanol–water partition coefficient (Wildman–Crippen LogP) is 2.90. The molecule has 0 aliphatic carbocycles. The van der Waals surface area contributed by atoms with Crippen LogP contribution in [0.3, 0.4) is 0 Å². The third kappa shape index (κ3) is 3.36. The summed E-state index contributed by atoms with van der Waals surface area (Å²) < 4.78 is 6.12. The van der Waals surface area contributed by atoms with Crippen molar-refractivity contribution in [2.45, 2.75) is 44.1 Å². The summed E-state index contributed by atoms with van der Waals surface area (Å²) >= 11 is 1.80. The zero-order chi connectivity index (χ0) is 16.4. The van der Waals surface area contributed by atoms with Crippen molar-refractivity contribution in [2.75, 3.05) is 11.9 Å². The van der Waals surface area contributed by atoms with Crippen LogP contribution in [0.5, 0.6) is 0 Å². The first-order valence-corrected chi connectivity index (χ1v) is 9.30. The Hall–Kier alpha value is -1.76. The number of nitrogens with zero attached hydrogens (tertiary/aromatic N) is 2. The third-order valence-corrected chi connectivity index (χ3v) is 5.68. The largest absolute Gasteiger partial charge is 0.363 e. The zero-order valence-electron chi connectivity index (χ0n) is 13.4. The van der Waals surface area contributed by atoms with Gasteiger partial charge in [-0.25, -0.2) is 0 Å². The summed E-state index contributed by atoms with van der Waals surface area (Å²) in [6.45, 7) is 2.04. The molecule has 126 valence electrons. The normalized spacial score (nSPS) is 26.9. The van der Waals surface area contributed by atoms with Crippen molar-refractivity contribution in [1.82, 2.24) is 9.88 Å². The Morgan fingerprint density at radius 2 is 2.29 bits per heavy atom. The van der Waals surface area contributed by atoms with Gasteiger partial charge < -0.3 is 10.1 Å². The molecule has 0 aromatic carbocycles. The Balaban J connectivity index is 1.34. The van der Waals surface area contributed by atoms with Crippen LogP contribution in [0.15, 0.2) is 42.0 Å². The van der Waals surface area contributed by atoms with Gasteiger partial charge in [0.15, 0.2) is 0 Å². The number of carbonyl (C=O) groups is 1. The van der Waals surface area contributed by atoms with Crippen LogP contribution in [0.1, 0.15) is 24.1 Å². The maximum Gasteiger partial charge on any atom is 0.253 e. The second-order valence-electron chi connectivity index (χ2n) is 6.38. The standard InChI is InChI=1S/C18H21N3O2S/c22-18(20-13-3-1-8-19-11-13)17-6-5-15-16(23-17)7-9-21(15)12-14-4-2-10-24-14/h1-4,8,10-11,15-17H,5-7,9,12H2,(H,20,22)/t15-,16-,17-/m0/s1. The SMILES string of the molecule is O=C(Nc1cccnc1)[C@@H]1CC[C@H]2[C@H](CCN2Cc2cccs2)O1. The van der Waals surface area contributed by atoms with Gasteiger partial charge in [0.05, 0.1) is 18.0 Å². The van der Waals surface area contributed by atoms with Gasteiger partial charge in [0.1, 0.15) is 6.10 Å². The Morgan fingerprint density at radius 1 is 1.33 bits per heavy atom. The van der Waals surface area contributed by atoms with Crippen molar-refractivity contribution in [3.8, 4) is 0 Å². The van der Waals surface area contributed by atoms with Gasteiger partial charge in [-0.1, -0.05) is 6.07 Å². The maximum absolute atomic E-state index is 12.4. The summed E-state index contributed by atoms with van der Waals surface area (Å²) in [6.07, 6.45) is 5.96. The van der Waals surface area contributed by atoms with E-state index < -0.39 is 0 Å². The minimum absolute atomic E-state index is 0.0573. The molecule has 6 heteroatoms. The van der Waals surface area contributed by atoms with Crippen LogP contribution in [0.25, 0.3) is 0 Å². The first kappa shape index (κ1) is 15.7. The van der Waals surface area contributed by atoms with E-state index in [1.54, 1.807) is 23.7 Å². The molecular formula is C18H21N3O2S. The summed E-state index contributed by atoms with van der Waals surface area (Å²) in [7, 11) is 0. The van der Waals surface area contributed by atoms with Crippen LogP contribution in [-0.4, -0.2) is 40.6 Å². The monoisotopic (exact) mass is 343 g/mol. The zero-order valence-corrected chi connectivity index (χ0v) is 14.2. The van der Waals surface area contributed by atoms with Crippen molar-refractivity contribution < 1.29 is 9.53 Å². The molecule has 0 radical (unpaired) electrons. The third-order valence-electron chi connectivity index (χ3n) is 4.82. The summed E-state index contributed by atoms with van der Waals surface area (Å²) in [5, 5.41) is 5.02. The fourth-order valence-corrected chi connectivity index (χ4v) is 4.40. The van der Waals surface area contributed by atoms with Gasteiger partial charge in [-0.15, -0.1) is 11.3 Å². The van der Waals surface area contributed by atoms with Crippen molar-refractivity contribution >= 4 is 22.9 Å². The molecule has 0 unspecified atom stereocenters. The van der Waals surface area contributed by atoms with Gasteiger partial charge in [-0.3, -0.25) is 14.7 Å². The second kappa shape index (κ2) is 7.01. The van der Waals surface area contributed by atoms with Crippen molar-refractivity contribution in [3.63, 3.8) is 0 Å². The lowest BCUT2D eigenvalue weighted by Crippen LogP contribution is -2.46. The van der Waals surface area contributed by atoms with E-state index in [4.69, 9.17) is 4.74 Å². The van der Waals surface area contributed by atoms with E-state index in [9.17, 15) is 4.79 Å². The van der Waals surface area contributed by atoms with E-state index in [-0.39, 0.29) is 18.1 Å². The molecule has 3 atom stereocenters. The molecule has 2 aromatic rings. The van der Waals surface area contributed by atoms with E-state index in [0.717, 1.165) is 38.0 Å². The van der Waals surface area contributed by atoms with Crippen LogP contribution in [-0.2, 0) is 16.1 Å². The Bertz CT molecular complexity index is 677. The number of ether oxygens (including phenoxy) is 1. The minimum Gasteiger partial charge on any atom is -0.363 e. The highest BCUT2D eigenvalue weighted by molar-refractivity contribution is 7.09. The van der Waals surface area contributed by atoms with Crippen LogP contribution in [0, 0.1) is 0 Å². The van der Waals surface area contributed by atoms with Crippen LogP contribution in [0.4, 0.5) is 5.69 Å². The lowest BCUT2D eigenvalue weighted by molar-refractivity contribution is -0.138. The number of anilines is 1. The summed E-state index contributed by atoms with van der Waals surface area (Å²) in [5.74, 6) is -0.0573. The molecule has 2 aromatic heterocycles. The van der Waals surface area contributed by atoms with Crippen molar-refractivity contribution in [2.24, 2.45) is 0 Å². The van der Waals surface area contributed by atoms with E-state index in [2.05, 4.69) is 32.7 Å². The van der Waals surface area contributed by atoms with Gasteiger partial charge in [0.2, 0.25) is 0 Å². The summed E-state index contributed by atoms with van der Waals surface area (Å²) in [4.78, 5) is 20.3. The number of thiophene rings is 1. The summed E-state index contributed by atoms with van der Waals surface area (Å²) in [5.41, 5.74) is 0.721. The summed E-state index contributed by atoms with van der Waals surface area (Å²) in [6, 6.07) is 8.38. The quantitative estimate of drug-likeness (QED) is 0.927. The molecule has 0 spiro atoms. The fraction of sp³-hybridized carbons (Fsp3) is 0.444. The number of aromatic nitrogens is 1. The van der Waals surface area contributed by atoms with Crippen LogP contribution in [0.2, 0.25) is 0 Å². The number of amides is 1. The van der Waals surface area contributed by atoms with Gasteiger partial charge in [0, 0.05) is 30.2 Å². The first-order chi connectivity index (χ1) is 11.8. The van der Waals surface area contributed by atoms with Crippen molar-refractivity contribution in [3.05, 3.63) is 46.9 Å². The van der Waals surface area contributed by atoms with Crippen LogP contribution < -0.4 is 5.32 Å². The molecule has 2 fully saturated rings. The fourth-order valence-electron chi connectivity index (χ4n) is 3.67. The topological polar surface area (TPSA) is 54.5 Å². The van der Waals surface area contributed by atoms with Gasteiger partial charge >= 0.3 is 0 Å². The predicted molar refractivity (Wildman–Crippen MR) is 93.9 cm³/mol. The molecule has 4 rings (SSSR count). The van der Waals surface area contributed by atoms with E-state index in [0.29, 0.717) is 6.04 Å². The van der Waals surface area contributed by atoms with E-state index in [1.807, 2.05) is 12.1 Å². The number of fused-ring (bicyclic) bond motifs is 1. The van der Waals surface area contributed by atoms with E-state index in [1.165, 1.54) is 4.88 Å². The number of nitrogens with one attached hydrogen (secondary N) is 1. The Morgan fingerprint density at radius 3 is 3.08 bits per heavy atom. The molecule has 1 N–H and O–H groups in total. The number of pyridine rings is 1. The number of rotatable bonds is 4. The lowest BCUT2D eigenvalue weighted by atomic mass is 9.98. The van der Waals surface area contributed by atoms with E-state index >= 15 is 0 Å². The molecule has 5 nitrogen and oxygen atoms in total. The molecule has 0 saturated carbocycles. The number of hydrogen-bond donors (Lipinski definition) is 1. The smallest absolute Gasteiger partial charge is 0.253 e. The molecule has 2 aliphatic rings. The second-order valence-corrected chi connectivity index (χ2v) is 7.41. The minimum atomic E-state index is -0.354. The molecule has 24 heavy (non-hydrogen) atoms. The van der Waals surface area contributed by atoms with Gasteiger partial charge in [-0.2, -0.15) is 0 Å². The Kier molecular flexibility index (Phi) is 4.60. The number of likely N-dealkylation sites (tertiary alicyclic amines) is 1. The van der Waals surface area contributed by atoms with Gasteiger partial charge in [0.25, 0.3) is 5.91 Å². The highest BCUT2D eigenvalue weighted by atomic mass is 32.1. The molecule has 1 amide bonds. The average Bonchev–Trinajstić information content (AvgIpc) is 3.26. The highest BCUT2D eigenvalue weighted by Crippen LogP contribution is 2.33. The highest BCUT2D eigenvalue weighted by Gasteiger charge is 2.41. The van der Waals surface area contributed by atoms with Crippen molar-refractivity contribution in [1.29, 1.82) is 0 Å². The Labute approximate surface area is 145 Å². The lowest BCUT2D eigenvalue weighted by Gasteiger charge is -2.35.